The first-order valence-electron chi connectivity index (χ1n) is 6.95. The highest BCUT2D eigenvalue weighted by Crippen LogP contribution is 2.19. The van der Waals surface area contributed by atoms with E-state index in [4.69, 9.17) is 4.74 Å². The van der Waals surface area contributed by atoms with Crippen LogP contribution in [0.3, 0.4) is 0 Å². The number of benzene rings is 1. The van der Waals surface area contributed by atoms with Crippen molar-refractivity contribution < 1.29 is 19.0 Å². The lowest BCUT2D eigenvalue weighted by Gasteiger charge is -2.27. The molecule has 0 aliphatic heterocycles. The first kappa shape index (κ1) is 14.8. The van der Waals surface area contributed by atoms with Crippen LogP contribution in [0.1, 0.15) is 32.6 Å². The number of hydrogen-bond donors (Lipinski definition) is 2. The third kappa shape index (κ3) is 4.20. The molecule has 1 fully saturated rings. The van der Waals surface area contributed by atoms with Gasteiger partial charge in [0.05, 0.1) is 6.10 Å². The summed E-state index contributed by atoms with van der Waals surface area (Å²) in [6, 6.07) is 5.68. The van der Waals surface area contributed by atoms with Crippen molar-refractivity contribution in [2.45, 2.75) is 50.9 Å². The Hall–Kier alpha value is -1.62. The van der Waals surface area contributed by atoms with Crippen LogP contribution in [0.15, 0.2) is 24.3 Å². The summed E-state index contributed by atoms with van der Waals surface area (Å²) in [5.41, 5.74) is 0. The molecular formula is C15H20FNO3. The minimum atomic E-state index is -0.632. The summed E-state index contributed by atoms with van der Waals surface area (Å²) < 4.78 is 18.2. The number of amides is 1. The van der Waals surface area contributed by atoms with Crippen LogP contribution in [0.5, 0.6) is 5.75 Å². The van der Waals surface area contributed by atoms with Crippen molar-refractivity contribution >= 4 is 5.91 Å². The molecule has 1 aliphatic rings. The molecule has 20 heavy (non-hydrogen) atoms. The highest BCUT2D eigenvalue weighted by molar-refractivity contribution is 5.81. The van der Waals surface area contributed by atoms with Crippen LogP contribution in [0, 0.1) is 5.82 Å². The maximum atomic E-state index is 12.8. The van der Waals surface area contributed by atoms with Gasteiger partial charge in [-0.2, -0.15) is 0 Å². The number of carbonyl (C=O) groups is 1. The fourth-order valence-corrected chi connectivity index (χ4v) is 2.31. The molecule has 1 atom stereocenters. The molecule has 0 aromatic heterocycles. The number of rotatable bonds is 4. The van der Waals surface area contributed by atoms with Gasteiger partial charge in [0.25, 0.3) is 5.91 Å². The van der Waals surface area contributed by atoms with Crippen molar-refractivity contribution in [2.24, 2.45) is 0 Å². The lowest BCUT2D eigenvalue weighted by molar-refractivity contribution is -0.128. The molecule has 1 aromatic carbocycles. The summed E-state index contributed by atoms with van der Waals surface area (Å²) in [6.07, 6.45) is 2.14. The van der Waals surface area contributed by atoms with Gasteiger partial charge >= 0.3 is 0 Å². The molecule has 0 radical (unpaired) electrons. The molecule has 0 spiro atoms. The van der Waals surface area contributed by atoms with Crippen LogP contribution in [-0.2, 0) is 4.79 Å². The van der Waals surface area contributed by atoms with E-state index in [1.807, 2.05) is 0 Å². The van der Waals surface area contributed by atoms with Crippen LogP contribution in [-0.4, -0.2) is 29.3 Å². The Kier molecular flexibility index (Phi) is 4.95. The fraction of sp³-hybridized carbons (Fsp3) is 0.533. The zero-order valence-electron chi connectivity index (χ0n) is 11.5. The summed E-state index contributed by atoms with van der Waals surface area (Å²) in [5, 5.41) is 12.3. The van der Waals surface area contributed by atoms with Crippen molar-refractivity contribution in [1.82, 2.24) is 5.32 Å². The number of ether oxygens (including phenoxy) is 1. The van der Waals surface area contributed by atoms with Crippen LogP contribution >= 0.6 is 0 Å². The van der Waals surface area contributed by atoms with Crippen LogP contribution in [0.2, 0.25) is 0 Å². The molecule has 1 aromatic rings. The highest BCUT2D eigenvalue weighted by atomic mass is 19.1. The Morgan fingerprint density at radius 1 is 1.30 bits per heavy atom. The molecule has 4 nitrogen and oxygen atoms in total. The topological polar surface area (TPSA) is 58.6 Å². The molecule has 1 amide bonds. The molecule has 1 saturated carbocycles. The van der Waals surface area contributed by atoms with E-state index in [9.17, 15) is 14.3 Å². The number of carbonyl (C=O) groups excluding carboxylic acids is 1. The van der Waals surface area contributed by atoms with Crippen molar-refractivity contribution in [1.29, 1.82) is 0 Å². The van der Waals surface area contributed by atoms with Gasteiger partial charge in [0.15, 0.2) is 6.10 Å². The van der Waals surface area contributed by atoms with Gasteiger partial charge in [0.2, 0.25) is 0 Å². The summed E-state index contributed by atoms with van der Waals surface area (Å²) in [4.78, 5) is 12.0. The Morgan fingerprint density at radius 2 is 1.90 bits per heavy atom. The first-order valence-corrected chi connectivity index (χ1v) is 6.95. The monoisotopic (exact) mass is 281 g/mol. The van der Waals surface area contributed by atoms with Crippen molar-refractivity contribution in [3.05, 3.63) is 30.1 Å². The van der Waals surface area contributed by atoms with E-state index in [2.05, 4.69) is 5.32 Å². The lowest BCUT2D eigenvalue weighted by Crippen LogP contribution is -2.44. The minimum Gasteiger partial charge on any atom is -0.481 e. The predicted octanol–water partition coefficient (Wildman–Crippen LogP) is 2.01. The maximum Gasteiger partial charge on any atom is 0.260 e. The van der Waals surface area contributed by atoms with Crippen molar-refractivity contribution in [2.75, 3.05) is 0 Å². The van der Waals surface area contributed by atoms with Crippen LogP contribution in [0.4, 0.5) is 4.39 Å². The van der Waals surface area contributed by atoms with E-state index in [1.54, 1.807) is 6.92 Å². The molecule has 1 aliphatic carbocycles. The average molecular weight is 281 g/mol. The second-order valence-corrected chi connectivity index (χ2v) is 5.23. The summed E-state index contributed by atoms with van der Waals surface area (Å²) in [7, 11) is 0. The van der Waals surface area contributed by atoms with E-state index >= 15 is 0 Å². The molecule has 2 N–H and O–H groups in total. The molecule has 0 heterocycles. The van der Waals surface area contributed by atoms with Gasteiger partial charge in [-0.25, -0.2) is 4.39 Å². The van der Waals surface area contributed by atoms with Gasteiger partial charge in [-0.3, -0.25) is 4.79 Å². The smallest absolute Gasteiger partial charge is 0.260 e. The highest BCUT2D eigenvalue weighted by Gasteiger charge is 2.23. The molecule has 0 bridgehead atoms. The number of aliphatic hydroxyl groups excluding tert-OH is 1. The molecule has 5 heteroatoms. The first-order chi connectivity index (χ1) is 9.54. The Balaban J connectivity index is 1.81. The zero-order chi connectivity index (χ0) is 14.5. The molecule has 110 valence electrons. The van der Waals surface area contributed by atoms with Gasteiger partial charge in [-0.05, 0) is 56.9 Å². The molecule has 0 saturated heterocycles. The van der Waals surface area contributed by atoms with Crippen LogP contribution < -0.4 is 10.1 Å². The number of nitrogens with one attached hydrogen (secondary N) is 1. The third-order valence-electron chi connectivity index (χ3n) is 3.54. The number of halogens is 1. The number of hydrogen-bond acceptors (Lipinski definition) is 3. The normalized spacial score (nSPS) is 23.9. The second kappa shape index (κ2) is 6.70. The minimum absolute atomic E-state index is 0.102. The zero-order valence-corrected chi connectivity index (χ0v) is 11.5. The van der Waals surface area contributed by atoms with E-state index in [0.717, 1.165) is 25.7 Å². The fourth-order valence-electron chi connectivity index (χ4n) is 2.31. The van der Waals surface area contributed by atoms with E-state index in [-0.39, 0.29) is 23.9 Å². The third-order valence-corrected chi connectivity index (χ3v) is 3.54. The lowest BCUT2D eigenvalue weighted by atomic mass is 9.93. The van der Waals surface area contributed by atoms with E-state index in [1.165, 1.54) is 24.3 Å². The Morgan fingerprint density at radius 3 is 2.50 bits per heavy atom. The molecule has 1 unspecified atom stereocenters. The van der Waals surface area contributed by atoms with Crippen LogP contribution in [0.25, 0.3) is 0 Å². The van der Waals surface area contributed by atoms with Crippen molar-refractivity contribution in [3.8, 4) is 5.75 Å². The molecule has 2 rings (SSSR count). The van der Waals surface area contributed by atoms with Crippen molar-refractivity contribution in [3.63, 3.8) is 0 Å². The predicted molar refractivity (Wildman–Crippen MR) is 72.9 cm³/mol. The average Bonchev–Trinajstić information content (AvgIpc) is 2.44. The SMILES string of the molecule is CC(Oc1ccc(F)cc1)C(=O)NC1CCC(O)CC1. The second-order valence-electron chi connectivity index (χ2n) is 5.23. The van der Waals surface area contributed by atoms with Gasteiger partial charge in [-0.1, -0.05) is 0 Å². The van der Waals surface area contributed by atoms with Gasteiger partial charge < -0.3 is 15.2 Å². The quantitative estimate of drug-likeness (QED) is 0.887. The van der Waals surface area contributed by atoms with E-state index < -0.39 is 6.10 Å². The Bertz CT molecular complexity index is 441. The van der Waals surface area contributed by atoms with Gasteiger partial charge in [0, 0.05) is 6.04 Å². The summed E-state index contributed by atoms with van der Waals surface area (Å²) >= 11 is 0. The number of aliphatic hydroxyl groups is 1. The summed E-state index contributed by atoms with van der Waals surface area (Å²) in [5.74, 6) is -0.0564. The van der Waals surface area contributed by atoms with E-state index in [0.29, 0.717) is 5.75 Å². The summed E-state index contributed by atoms with van der Waals surface area (Å²) in [6.45, 7) is 1.66. The van der Waals surface area contributed by atoms with Gasteiger partial charge in [0.1, 0.15) is 11.6 Å². The Labute approximate surface area is 117 Å². The largest absolute Gasteiger partial charge is 0.481 e. The van der Waals surface area contributed by atoms with Gasteiger partial charge in [-0.15, -0.1) is 0 Å². The maximum absolute atomic E-state index is 12.8. The standard InChI is InChI=1S/C15H20FNO3/c1-10(20-14-8-2-11(16)3-9-14)15(19)17-12-4-6-13(18)7-5-12/h2-3,8-10,12-13,18H,4-7H2,1H3,(H,17,19). The molecular weight excluding hydrogens is 261 g/mol.